The second-order valence-corrected chi connectivity index (χ2v) is 2.80. The number of aryl methyl sites for hydroxylation is 1. The SMILES string of the molecule is Cc1cnc(C#N)c(CN)c1C(F)F. The molecule has 1 aromatic heterocycles. The highest BCUT2D eigenvalue weighted by Gasteiger charge is 2.18. The van der Waals surface area contributed by atoms with E-state index in [1.165, 1.54) is 13.1 Å². The van der Waals surface area contributed by atoms with Gasteiger partial charge in [0.15, 0.2) is 0 Å². The minimum atomic E-state index is -2.62. The Labute approximate surface area is 80.2 Å². The molecule has 0 aliphatic heterocycles. The molecule has 3 nitrogen and oxygen atoms in total. The first-order valence-electron chi connectivity index (χ1n) is 3.98. The average Bonchev–Trinajstić information content (AvgIpc) is 2.16. The lowest BCUT2D eigenvalue weighted by Gasteiger charge is -2.10. The molecule has 0 saturated heterocycles. The predicted octanol–water partition coefficient (Wildman–Crippen LogP) is 1.66. The molecule has 0 aliphatic rings. The van der Waals surface area contributed by atoms with Crippen LogP contribution in [0.3, 0.4) is 0 Å². The third-order valence-electron chi connectivity index (χ3n) is 1.95. The molecule has 74 valence electrons. The zero-order valence-electron chi connectivity index (χ0n) is 7.59. The molecule has 0 aliphatic carbocycles. The van der Waals surface area contributed by atoms with E-state index in [1.807, 2.05) is 0 Å². The molecule has 0 unspecified atom stereocenters. The molecule has 14 heavy (non-hydrogen) atoms. The molecule has 0 aromatic carbocycles. The summed E-state index contributed by atoms with van der Waals surface area (Å²) < 4.78 is 25.2. The number of rotatable bonds is 2. The van der Waals surface area contributed by atoms with E-state index in [1.54, 1.807) is 6.07 Å². The van der Waals surface area contributed by atoms with E-state index in [2.05, 4.69) is 4.98 Å². The maximum Gasteiger partial charge on any atom is 0.264 e. The van der Waals surface area contributed by atoms with Gasteiger partial charge < -0.3 is 5.73 Å². The Balaban J connectivity index is 3.45. The van der Waals surface area contributed by atoms with Crippen molar-refractivity contribution in [2.45, 2.75) is 19.9 Å². The van der Waals surface area contributed by atoms with Crippen molar-refractivity contribution in [2.24, 2.45) is 5.73 Å². The zero-order chi connectivity index (χ0) is 10.7. The van der Waals surface area contributed by atoms with Gasteiger partial charge in [-0.15, -0.1) is 0 Å². The van der Waals surface area contributed by atoms with E-state index in [9.17, 15) is 8.78 Å². The van der Waals surface area contributed by atoms with Crippen LogP contribution in [0.25, 0.3) is 0 Å². The molecule has 0 amide bonds. The van der Waals surface area contributed by atoms with Gasteiger partial charge in [-0.2, -0.15) is 5.26 Å². The molecule has 0 fully saturated rings. The van der Waals surface area contributed by atoms with Crippen LogP contribution in [0, 0.1) is 18.3 Å². The van der Waals surface area contributed by atoms with Crippen molar-refractivity contribution in [1.82, 2.24) is 4.98 Å². The van der Waals surface area contributed by atoms with Gasteiger partial charge in [0.05, 0.1) is 0 Å². The molecule has 5 heteroatoms. The van der Waals surface area contributed by atoms with Crippen molar-refractivity contribution in [1.29, 1.82) is 5.26 Å². The summed E-state index contributed by atoms with van der Waals surface area (Å²) in [5, 5.41) is 8.63. The maximum atomic E-state index is 12.6. The number of pyridine rings is 1. The molecule has 0 atom stereocenters. The monoisotopic (exact) mass is 197 g/mol. The number of hydrogen-bond acceptors (Lipinski definition) is 3. The fraction of sp³-hybridized carbons (Fsp3) is 0.333. The Bertz CT molecular complexity index is 382. The van der Waals surface area contributed by atoms with E-state index < -0.39 is 6.43 Å². The van der Waals surface area contributed by atoms with Crippen LogP contribution in [-0.2, 0) is 6.54 Å². The molecule has 0 spiro atoms. The van der Waals surface area contributed by atoms with Gasteiger partial charge in [0.1, 0.15) is 11.8 Å². The first-order valence-corrected chi connectivity index (χ1v) is 3.98. The highest BCUT2D eigenvalue weighted by Crippen LogP contribution is 2.27. The minimum Gasteiger partial charge on any atom is -0.326 e. The standard InChI is InChI=1S/C9H9F2N3/c1-5-4-14-7(3-13)6(2-12)8(5)9(10)11/h4,9H,2,12H2,1H3. The fourth-order valence-corrected chi connectivity index (χ4v) is 1.28. The maximum absolute atomic E-state index is 12.6. The van der Waals surface area contributed by atoms with Crippen LogP contribution in [0.15, 0.2) is 6.20 Å². The summed E-state index contributed by atoms with van der Waals surface area (Å²) in [4.78, 5) is 3.74. The molecule has 1 aromatic rings. The number of halogens is 2. The number of hydrogen-bond donors (Lipinski definition) is 1. The van der Waals surface area contributed by atoms with Crippen LogP contribution in [0.4, 0.5) is 8.78 Å². The molecule has 0 radical (unpaired) electrons. The quantitative estimate of drug-likeness (QED) is 0.784. The van der Waals surface area contributed by atoms with Gasteiger partial charge in [0, 0.05) is 23.9 Å². The number of nitrogens with zero attached hydrogens (tertiary/aromatic N) is 2. The molecular weight excluding hydrogens is 188 g/mol. The van der Waals surface area contributed by atoms with Gasteiger partial charge >= 0.3 is 0 Å². The van der Waals surface area contributed by atoms with Crippen molar-refractivity contribution >= 4 is 0 Å². The zero-order valence-corrected chi connectivity index (χ0v) is 7.59. The van der Waals surface area contributed by atoms with Gasteiger partial charge in [-0.05, 0) is 12.5 Å². The van der Waals surface area contributed by atoms with Crippen LogP contribution in [0.5, 0.6) is 0 Å². The largest absolute Gasteiger partial charge is 0.326 e. The topological polar surface area (TPSA) is 62.7 Å². The van der Waals surface area contributed by atoms with Crippen LogP contribution < -0.4 is 5.73 Å². The first-order chi connectivity index (χ1) is 6.61. The summed E-state index contributed by atoms with van der Waals surface area (Å²) in [5.74, 6) is 0. The van der Waals surface area contributed by atoms with Crippen molar-refractivity contribution < 1.29 is 8.78 Å². The van der Waals surface area contributed by atoms with Crippen molar-refractivity contribution in [3.63, 3.8) is 0 Å². The minimum absolute atomic E-state index is 0.0200. The number of nitrogens with two attached hydrogens (primary N) is 1. The lowest BCUT2D eigenvalue weighted by Crippen LogP contribution is -2.08. The van der Waals surface area contributed by atoms with E-state index >= 15 is 0 Å². The predicted molar refractivity (Wildman–Crippen MR) is 46.5 cm³/mol. The Morgan fingerprint density at radius 2 is 2.29 bits per heavy atom. The fourth-order valence-electron chi connectivity index (χ4n) is 1.28. The van der Waals surface area contributed by atoms with Crippen LogP contribution >= 0.6 is 0 Å². The Morgan fingerprint density at radius 1 is 1.64 bits per heavy atom. The average molecular weight is 197 g/mol. The number of alkyl halides is 2. The second-order valence-electron chi connectivity index (χ2n) is 2.80. The number of nitriles is 1. The Morgan fingerprint density at radius 3 is 2.71 bits per heavy atom. The van der Waals surface area contributed by atoms with E-state index in [0.29, 0.717) is 5.56 Å². The van der Waals surface area contributed by atoms with E-state index in [0.717, 1.165) is 0 Å². The van der Waals surface area contributed by atoms with Gasteiger partial charge in [-0.3, -0.25) is 0 Å². The van der Waals surface area contributed by atoms with Gasteiger partial charge in [0.25, 0.3) is 6.43 Å². The second kappa shape index (κ2) is 4.11. The number of aromatic nitrogens is 1. The molecular formula is C9H9F2N3. The summed E-state index contributed by atoms with van der Waals surface area (Å²) in [6, 6.07) is 1.74. The smallest absolute Gasteiger partial charge is 0.264 e. The van der Waals surface area contributed by atoms with Gasteiger partial charge in [0.2, 0.25) is 0 Å². The van der Waals surface area contributed by atoms with E-state index in [-0.39, 0.29) is 23.4 Å². The lowest BCUT2D eigenvalue weighted by atomic mass is 10.0. The summed E-state index contributed by atoms with van der Waals surface area (Å²) in [6.07, 6.45) is -1.36. The normalized spacial score (nSPS) is 10.3. The van der Waals surface area contributed by atoms with Crippen molar-refractivity contribution in [2.75, 3.05) is 0 Å². The highest BCUT2D eigenvalue weighted by molar-refractivity contribution is 5.42. The summed E-state index contributed by atoms with van der Waals surface area (Å²) in [5.41, 5.74) is 5.62. The molecule has 1 heterocycles. The Kier molecular flexibility index (Phi) is 3.10. The molecule has 1 rings (SSSR count). The lowest BCUT2D eigenvalue weighted by molar-refractivity contribution is 0.149. The van der Waals surface area contributed by atoms with Gasteiger partial charge in [-0.25, -0.2) is 13.8 Å². The molecule has 0 bridgehead atoms. The molecule has 2 N–H and O–H groups in total. The first kappa shape index (κ1) is 10.5. The van der Waals surface area contributed by atoms with Crippen LogP contribution in [0.1, 0.15) is 28.8 Å². The third kappa shape index (κ3) is 1.70. The summed E-state index contributed by atoms with van der Waals surface area (Å²) in [7, 11) is 0. The Hall–Kier alpha value is -1.54. The van der Waals surface area contributed by atoms with E-state index in [4.69, 9.17) is 11.0 Å². The van der Waals surface area contributed by atoms with Crippen molar-refractivity contribution in [3.05, 3.63) is 28.6 Å². The summed E-state index contributed by atoms with van der Waals surface area (Å²) in [6.45, 7) is 1.42. The van der Waals surface area contributed by atoms with Gasteiger partial charge in [-0.1, -0.05) is 0 Å². The van der Waals surface area contributed by atoms with Crippen LogP contribution in [0.2, 0.25) is 0 Å². The van der Waals surface area contributed by atoms with Crippen LogP contribution in [-0.4, -0.2) is 4.98 Å². The molecule has 0 saturated carbocycles. The third-order valence-corrected chi connectivity index (χ3v) is 1.95. The highest BCUT2D eigenvalue weighted by atomic mass is 19.3. The summed E-state index contributed by atoms with van der Waals surface area (Å²) >= 11 is 0. The van der Waals surface area contributed by atoms with Crippen molar-refractivity contribution in [3.8, 4) is 6.07 Å².